The molecule has 0 unspecified atom stereocenters. The van der Waals surface area contributed by atoms with E-state index in [9.17, 15) is 24.0 Å². The molecule has 1 aliphatic carbocycles. The Bertz CT molecular complexity index is 1420. The van der Waals surface area contributed by atoms with E-state index >= 15 is 0 Å². The van der Waals surface area contributed by atoms with E-state index in [1.165, 1.54) is 5.56 Å². The van der Waals surface area contributed by atoms with Gasteiger partial charge in [-0.3, -0.25) is 24.0 Å². The largest absolute Gasteiger partial charge is 0.363 e. The summed E-state index contributed by atoms with van der Waals surface area (Å²) in [5.74, 6) is 4.49. The molecule has 50 heavy (non-hydrogen) atoms. The summed E-state index contributed by atoms with van der Waals surface area (Å²) in [6.45, 7) is 6.76. The zero-order valence-corrected chi connectivity index (χ0v) is 30.2. The van der Waals surface area contributed by atoms with Gasteiger partial charge in [0, 0.05) is 26.1 Å². The average Bonchev–Trinajstić information content (AvgIpc) is 3.85. The van der Waals surface area contributed by atoms with E-state index in [0.29, 0.717) is 32.5 Å². The molecule has 3 aliphatic rings. The highest BCUT2D eigenvalue weighted by Crippen LogP contribution is 2.30. The van der Waals surface area contributed by atoms with E-state index in [0.717, 1.165) is 37.7 Å². The number of nitrogens with one attached hydrogen (secondary N) is 5. The molecule has 0 saturated carbocycles. The number of hydrogen-bond acceptors (Lipinski definition) is 8. The van der Waals surface area contributed by atoms with E-state index in [-0.39, 0.29) is 48.6 Å². The Morgan fingerprint density at radius 1 is 0.840 bits per heavy atom. The number of likely N-dealkylation sites (tertiary alicyclic amines) is 2. The molecule has 0 radical (unpaired) electrons. The van der Waals surface area contributed by atoms with Crippen LogP contribution in [0.3, 0.4) is 0 Å². The quantitative estimate of drug-likeness (QED) is 0.179. The van der Waals surface area contributed by atoms with Gasteiger partial charge >= 0.3 is 0 Å². The lowest BCUT2D eigenvalue weighted by atomic mass is 9.87. The van der Waals surface area contributed by atoms with Crippen molar-refractivity contribution in [2.45, 2.75) is 114 Å². The summed E-state index contributed by atoms with van der Waals surface area (Å²) in [5.41, 5.74) is 2.37. The van der Waals surface area contributed by atoms with Crippen LogP contribution in [0.15, 0.2) is 24.3 Å². The lowest BCUT2D eigenvalue weighted by molar-refractivity contribution is -0.141. The molecule has 5 N–H and O–H groups in total. The second-order valence-corrected chi connectivity index (χ2v) is 13.5. The number of rotatable bonds is 14. The predicted octanol–water partition coefficient (Wildman–Crippen LogP) is 0.778. The van der Waals surface area contributed by atoms with Crippen LogP contribution >= 0.6 is 0 Å². The third-order valence-electron chi connectivity index (χ3n) is 10.1. The zero-order valence-electron chi connectivity index (χ0n) is 30.2. The fraction of sp³-hybridized carbons (Fsp3) is 0.649. The van der Waals surface area contributed by atoms with Gasteiger partial charge in [-0.1, -0.05) is 36.1 Å². The van der Waals surface area contributed by atoms with Crippen LogP contribution in [-0.4, -0.2) is 116 Å². The topological polar surface area (TPSA) is 161 Å². The standard InChI is InChI=1S/C37H55N7O6/c1-24(38-4)33(45)41-30(17-8-11-23-50-26(3)32(42-34(46)25(2)39-5)37(49)43-20-9-10-21-43)36(48)44-22-13-19-31(44)35(47)40-29-18-12-15-27-14-6-7-16-28(27)29/h6-7,14,16,24-26,29-32,38-39H,9-10,12-13,15,17-23H2,1-5H3,(H,40,47)(H,41,45)(H,42,46)/t24-,25-,26+,29+,30-,31-,32-/m0/s1. The van der Waals surface area contributed by atoms with Crippen LogP contribution < -0.4 is 26.6 Å². The van der Waals surface area contributed by atoms with Gasteiger partial charge in [0.2, 0.25) is 29.5 Å². The molecule has 2 fully saturated rings. The highest BCUT2D eigenvalue weighted by atomic mass is 16.5. The highest BCUT2D eigenvalue weighted by molar-refractivity contribution is 5.94. The van der Waals surface area contributed by atoms with Crippen LogP contribution in [0.4, 0.5) is 0 Å². The molecule has 2 saturated heterocycles. The predicted molar refractivity (Wildman–Crippen MR) is 190 cm³/mol. The number of carbonyl (C=O) groups is 5. The van der Waals surface area contributed by atoms with Gasteiger partial charge in [0.15, 0.2) is 0 Å². The molecular weight excluding hydrogens is 638 g/mol. The van der Waals surface area contributed by atoms with E-state index in [4.69, 9.17) is 4.74 Å². The van der Waals surface area contributed by atoms with Gasteiger partial charge in [-0.2, -0.15) is 0 Å². The van der Waals surface area contributed by atoms with Crippen molar-refractivity contribution in [3.63, 3.8) is 0 Å². The monoisotopic (exact) mass is 693 g/mol. The number of ether oxygens (including phenoxy) is 1. The normalized spacial score (nSPS) is 21.5. The van der Waals surface area contributed by atoms with Crippen molar-refractivity contribution in [3.8, 4) is 11.8 Å². The molecule has 0 bridgehead atoms. The van der Waals surface area contributed by atoms with Crippen LogP contribution in [0.1, 0.15) is 82.9 Å². The maximum Gasteiger partial charge on any atom is 0.247 e. The number of nitrogens with zero attached hydrogens (tertiary/aromatic N) is 2. The molecule has 4 rings (SSSR count). The molecular formula is C37H55N7O6. The van der Waals surface area contributed by atoms with Crippen molar-refractivity contribution >= 4 is 29.5 Å². The summed E-state index contributed by atoms with van der Waals surface area (Å²) < 4.78 is 5.92. The fourth-order valence-electron chi connectivity index (χ4n) is 6.72. The Morgan fingerprint density at radius 3 is 2.22 bits per heavy atom. The minimum Gasteiger partial charge on any atom is -0.363 e. The number of carbonyl (C=O) groups excluding carboxylic acids is 5. The lowest BCUT2D eigenvalue weighted by Gasteiger charge is -2.31. The van der Waals surface area contributed by atoms with E-state index in [1.807, 2.05) is 12.1 Å². The van der Waals surface area contributed by atoms with Gasteiger partial charge in [0.25, 0.3) is 0 Å². The lowest BCUT2D eigenvalue weighted by Crippen LogP contribution is -2.56. The van der Waals surface area contributed by atoms with Crippen LogP contribution in [0.5, 0.6) is 0 Å². The van der Waals surface area contributed by atoms with Crippen molar-refractivity contribution in [3.05, 3.63) is 35.4 Å². The molecule has 13 heteroatoms. The second-order valence-electron chi connectivity index (χ2n) is 13.5. The van der Waals surface area contributed by atoms with Gasteiger partial charge in [-0.25, -0.2) is 0 Å². The number of aryl methyl sites for hydroxylation is 1. The fourth-order valence-corrected chi connectivity index (χ4v) is 6.72. The van der Waals surface area contributed by atoms with Crippen molar-refractivity contribution in [2.24, 2.45) is 0 Å². The van der Waals surface area contributed by atoms with Crippen LogP contribution in [-0.2, 0) is 35.1 Å². The van der Waals surface area contributed by atoms with Crippen molar-refractivity contribution in [1.29, 1.82) is 0 Å². The van der Waals surface area contributed by atoms with E-state index in [2.05, 4.69) is 50.6 Å². The first-order valence-corrected chi connectivity index (χ1v) is 18.1. The number of hydrogen-bond donors (Lipinski definition) is 5. The van der Waals surface area contributed by atoms with E-state index in [1.54, 1.807) is 44.7 Å². The molecule has 1 aromatic carbocycles. The Labute approximate surface area is 296 Å². The van der Waals surface area contributed by atoms with Gasteiger partial charge < -0.3 is 41.1 Å². The number of amides is 5. The summed E-state index contributed by atoms with van der Waals surface area (Å²) in [6, 6.07) is 4.52. The number of likely N-dealkylation sites (N-methyl/N-ethyl adjacent to an activating group) is 2. The summed E-state index contributed by atoms with van der Waals surface area (Å²) >= 11 is 0. The van der Waals surface area contributed by atoms with Gasteiger partial charge in [0.1, 0.15) is 24.7 Å². The highest BCUT2D eigenvalue weighted by Gasteiger charge is 2.39. The first-order valence-electron chi connectivity index (χ1n) is 18.1. The maximum absolute atomic E-state index is 14.0. The van der Waals surface area contributed by atoms with Gasteiger partial charge in [0.05, 0.1) is 24.2 Å². The molecule has 1 aromatic rings. The summed E-state index contributed by atoms with van der Waals surface area (Å²) in [6.07, 6.45) is 5.20. The van der Waals surface area contributed by atoms with Crippen molar-refractivity contribution in [2.75, 3.05) is 40.3 Å². The zero-order chi connectivity index (χ0) is 36.2. The molecule has 2 heterocycles. The molecule has 7 atom stereocenters. The van der Waals surface area contributed by atoms with Gasteiger partial charge in [-0.05, 0) is 90.9 Å². The first-order chi connectivity index (χ1) is 24.0. The molecule has 2 aliphatic heterocycles. The molecule has 274 valence electrons. The second kappa shape index (κ2) is 18.8. The molecule has 0 aromatic heterocycles. The Hall–Kier alpha value is -3.99. The van der Waals surface area contributed by atoms with Crippen LogP contribution in [0, 0.1) is 11.8 Å². The Morgan fingerprint density at radius 2 is 1.52 bits per heavy atom. The van der Waals surface area contributed by atoms with Gasteiger partial charge in [-0.15, -0.1) is 0 Å². The Balaban J connectivity index is 1.41. The molecule has 0 spiro atoms. The SMILES string of the molecule is CN[C@@H](C)C(=O)N[C@@H](CC#CCO[C@H](C)[C@H](NC(=O)[C@H](C)NC)C(=O)N1CCCC1)C(=O)N1CCC[C@H]1C(=O)N[C@@H]1CCCc2ccccc21. The van der Waals surface area contributed by atoms with Crippen molar-refractivity contribution in [1.82, 2.24) is 36.4 Å². The maximum atomic E-state index is 14.0. The Kier molecular flexibility index (Phi) is 14.6. The number of benzene rings is 1. The molecule has 5 amide bonds. The van der Waals surface area contributed by atoms with Crippen LogP contribution in [0.25, 0.3) is 0 Å². The third-order valence-corrected chi connectivity index (χ3v) is 10.1. The minimum atomic E-state index is -0.973. The number of fused-ring (bicyclic) bond motifs is 1. The summed E-state index contributed by atoms with van der Waals surface area (Å²) in [4.78, 5) is 69.8. The minimum absolute atomic E-state index is 0.00610. The summed E-state index contributed by atoms with van der Waals surface area (Å²) in [7, 11) is 3.33. The summed E-state index contributed by atoms with van der Waals surface area (Å²) in [5, 5.41) is 14.6. The third kappa shape index (κ3) is 10.0. The van der Waals surface area contributed by atoms with E-state index < -0.39 is 36.3 Å². The smallest absolute Gasteiger partial charge is 0.247 e. The average molecular weight is 694 g/mol. The molecule has 13 nitrogen and oxygen atoms in total. The van der Waals surface area contributed by atoms with Crippen molar-refractivity contribution < 1.29 is 28.7 Å². The first kappa shape index (κ1) is 38.8. The van der Waals surface area contributed by atoms with Crippen LogP contribution in [0.2, 0.25) is 0 Å².